The van der Waals surface area contributed by atoms with E-state index in [0.717, 1.165) is 15.8 Å². The van der Waals surface area contributed by atoms with Crippen molar-refractivity contribution >= 4 is 80.9 Å². The van der Waals surface area contributed by atoms with Gasteiger partial charge in [-0.05, 0) is 24.3 Å². The van der Waals surface area contributed by atoms with Crippen molar-refractivity contribution in [2.45, 2.75) is 11.4 Å². The molecule has 3 aromatic rings. The highest BCUT2D eigenvalue weighted by Crippen LogP contribution is 2.29. The van der Waals surface area contributed by atoms with Crippen molar-refractivity contribution in [2.24, 2.45) is 5.73 Å². The summed E-state index contributed by atoms with van der Waals surface area (Å²) in [4.78, 5) is 13.2. The van der Waals surface area contributed by atoms with Gasteiger partial charge in [0.15, 0.2) is 5.17 Å². The topological polar surface area (TPSA) is 83.9 Å². The largest absolute Gasteiger partial charge is 0.378 e. The summed E-state index contributed by atoms with van der Waals surface area (Å²) in [5, 5.41) is 12.2. The smallest absolute Gasteiger partial charge is 0.252 e. The molecule has 0 unspecified atom stereocenters. The second-order valence-corrected chi connectivity index (χ2v) is 7.48. The van der Waals surface area contributed by atoms with E-state index < -0.39 is 0 Å². The molecule has 1 heterocycles. The van der Waals surface area contributed by atoms with Crippen LogP contribution in [0.3, 0.4) is 0 Å². The second-order valence-electron chi connectivity index (χ2n) is 5.55. The number of hydrogen-bond donors (Lipinski definition) is 3. The molecule has 1 amide bonds. The van der Waals surface area contributed by atoms with Crippen molar-refractivity contribution in [3.8, 4) is 0 Å². The summed E-state index contributed by atoms with van der Waals surface area (Å²) >= 11 is 13.1. The first kappa shape index (κ1) is 21.9. The number of nitrogens with two attached hydrogens (primary N) is 1. The number of hydrogen-bond acceptors (Lipinski definition) is 3. The standard InChI is InChI=1S/C18H16Cl2N4OS.HI/c19-11-5-6-12(14(20)9-11)17(25)23-7-8-24-10-16(26-18(21)22)13-3-1-2-4-15(13)24;/h1-6,9-10H,7-8H2,(H3,21,22)(H,23,25);1H. The minimum Gasteiger partial charge on any atom is -0.378 e. The first-order chi connectivity index (χ1) is 12.5. The number of amidine groups is 1. The third-order valence-corrected chi connectivity index (χ3v) is 5.10. The van der Waals surface area contributed by atoms with E-state index in [4.69, 9.17) is 34.3 Å². The zero-order valence-corrected chi connectivity index (χ0v) is 18.7. The number of para-hydroxylation sites is 1. The molecule has 9 heteroatoms. The van der Waals surface area contributed by atoms with E-state index in [9.17, 15) is 4.79 Å². The van der Waals surface area contributed by atoms with Gasteiger partial charge in [-0.1, -0.05) is 53.2 Å². The summed E-state index contributed by atoms with van der Waals surface area (Å²) in [6.07, 6.45) is 1.94. The van der Waals surface area contributed by atoms with Gasteiger partial charge in [0.25, 0.3) is 5.91 Å². The van der Waals surface area contributed by atoms with Crippen LogP contribution in [0, 0.1) is 5.41 Å². The van der Waals surface area contributed by atoms with Gasteiger partial charge in [0.1, 0.15) is 0 Å². The number of carbonyl (C=O) groups is 1. The second kappa shape index (κ2) is 9.68. The number of halogens is 3. The molecule has 2 aromatic carbocycles. The molecule has 4 N–H and O–H groups in total. The predicted molar refractivity (Wildman–Crippen MR) is 124 cm³/mol. The van der Waals surface area contributed by atoms with Crippen LogP contribution in [0.1, 0.15) is 10.4 Å². The van der Waals surface area contributed by atoms with Crippen LogP contribution >= 0.6 is 58.9 Å². The molecule has 0 atom stereocenters. The normalized spacial score (nSPS) is 10.4. The van der Waals surface area contributed by atoms with Crippen molar-refractivity contribution in [2.75, 3.05) is 6.54 Å². The Morgan fingerprint density at radius 2 is 1.96 bits per heavy atom. The van der Waals surface area contributed by atoms with Crippen LogP contribution in [0.5, 0.6) is 0 Å². The van der Waals surface area contributed by atoms with E-state index >= 15 is 0 Å². The first-order valence-corrected chi connectivity index (χ1v) is 9.36. The average Bonchev–Trinajstić information content (AvgIpc) is 2.92. The van der Waals surface area contributed by atoms with Gasteiger partial charge < -0.3 is 15.6 Å². The lowest BCUT2D eigenvalue weighted by atomic mass is 10.2. The SMILES string of the molecule is I.N=C(N)Sc1cn(CCNC(=O)c2ccc(Cl)cc2Cl)c2ccccc12. The van der Waals surface area contributed by atoms with Gasteiger partial charge in [-0.2, -0.15) is 0 Å². The molecule has 5 nitrogen and oxygen atoms in total. The van der Waals surface area contributed by atoms with Crippen molar-refractivity contribution in [1.82, 2.24) is 9.88 Å². The Bertz CT molecular complexity index is 993. The Kier molecular flexibility index (Phi) is 7.84. The molecule has 0 aliphatic carbocycles. The molecule has 0 fully saturated rings. The molecule has 0 saturated carbocycles. The van der Waals surface area contributed by atoms with Crippen molar-refractivity contribution in [1.29, 1.82) is 5.41 Å². The van der Waals surface area contributed by atoms with E-state index in [1.54, 1.807) is 18.2 Å². The first-order valence-electron chi connectivity index (χ1n) is 7.78. The lowest BCUT2D eigenvalue weighted by Gasteiger charge is -2.09. The number of aromatic nitrogens is 1. The molecule has 3 rings (SSSR count). The van der Waals surface area contributed by atoms with Crippen LogP contribution in [0.15, 0.2) is 53.6 Å². The van der Waals surface area contributed by atoms with Crippen LogP contribution < -0.4 is 11.1 Å². The third kappa shape index (κ3) is 5.31. The number of amides is 1. The Balaban J connectivity index is 0.00000261. The molecular weight excluding hydrogens is 518 g/mol. The van der Waals surface area contributed by atoms with Gasteiger partial charge >= 0.3 is 0 Å². The lowest BCUT2D eigenvalue weighted by Crippen LogP contribution is -2.27. The van der Waals surface area contributed by atoms with Crippen LogP contribution in [0.2, 0.25) is 10.0 Å². The number of nitrogens with one attached hydrogen (secondary N) is 2. The molecule has 0 aliphatic heterocycles. The third-order valence-electron chi connectivity index (χ3n) is 3.79. The maximum absolute atomic E-state index is 12.3. The molecule has 1 aromatic heterocycles. The number of rotatable bonds is 5. The Morgan fingerprint density at radius 1 is 1.22 bits per heavy atom. The zero-order valence-electron chi connectivity index (χ0n) is 14.0. The molecular formula is C18H17Cl2IN4OS. The van der Waals surface area contributed by atoms with Gasteiger partial charge in [-0.3, -0.25) is 10.2 Å². The van der Waals surface area contributed by atoms with Crippen LogP contribution in [0.25, 0.3) is 10.9 Å². The van der Waals surface area contributed by atoms with Gasteiger partial charge in [0, 0.05) is 40.1 Å². The molecule has 0 spiro atoms. The number of nitrogens with zero attached hydrogens (tertiary/aromatic N) is 1. The monoisotopic (exact) mass is 534 g/mol. The minimum absolute atomic E-state index is 0. The summed E-state index contributed by atoms with van der Waals surface area (Å²) in [6, 6.07) is 12.7. The highest BCUT2D eigenvalue weighted by atomic mass is 127. The van der Waals surface area contributed by atoms with Crippen molar-refractivity contribution in [3.05, 3.63) is 64.3 Å². The van der Waals surface area contributed by atoms with E-state index in [0.29, 0.717) is 28.7 Å². The number of thioether (sulfide) groups is 1. The summed E-state index contributed by atoms with van der Waals surface area (Å²) in [7, 11) is 0. The number of fused-ring (bicyclic) bond motifs is 1. The van der Waals surface area contributed by atoms with Crippen molar-refractivity contribution < 1.29 is 4.79 Å². The van der Waals surface area contributed by atoms with E-state index in [2.05, 4.69) is 5.32 Å². The number of carbonyl (C=O) groups excluding carboxylic acids is 1. The molecule has 0 aliphatic rings. The van der Waals surface area contributed by atoms with E-state index in [-0.39, 0.29) is 35.1 Å². The highest BCUT2D eigenvalue weighted by molar-refractivity contribution is 14.0. The predicted octanol–water partition coefficient (Wildman–Crippen LogP) is 4.98. The molecule has 142 valence electrons. The van der Waals surface area contributed by atoms with E-state index in [1.165, 1.54) is 11.8 Å². The molecule has 0 bridgehead atoms. The lowest BCUT2D eigenvalue weighted by molar-refractivity contribution is 0.0952. The fraction of sp³-hybridized carbons (Fsp3) is 0.111. The summed E-state index contributed by atoms with van der Waals surface area (Å²) in [5.41, 5.74) is 6.93. The van der Waals surface area contributed by atoms with Gasteiger partial charge in [0.2, 0.25) is 0 Å². The number of benzene rings is 2. The summed E-state index contributed by atoms with van der Waals surface area (Å²) in [5.74, 6) is -0.249. The van der Waals surface area contributed by atoms with Crippen molar-refractivity contribution in [3.63, 3.8) is 0 Å². The van der Waals surface area contributed by atoms with Crippen LogP contribution in [0.4, 0.5) is 0 Å². The Labute approximate surface area is 188 Å². The van der Waals surface area contributed by atoms with Crippen LogP contribution in [-0.2, 0) is 6.54 Å². The van der Waals surface area contributed by atoms with E-state index in [1.807, 2.05) is 35.0 Å². The quantitative estimate of drug-likeness (QED) is 0.187. The fourth-order valence-electron chi connectivity index (χ4n) is 2.66. The molecule has 0 saturated heterocycles. The van der Waals surface area contributed by atoms with Gasteiger partial charge in [-0.15, -0.1) is 24.0 Å². The Hall–Kier alpha value is -1.42. The van der Waals surface area contributed by atoms with Crippen LogP contribution in [-0.4, -0.2) is 22.2 Å². The van der Waals surface area contributed by atoms with Gasteiger partial charge in [-0.25, -0.2) is 0 Å². The maximum atomic E-state index is 12.3. The highest BCUT2D eigenvalue weighted by Gasteiger charge is 2.12. The summed E-state index contributed by atoms with van der Waals surface area (Å²) in [6.45, 7) is 1.01. The zero-order chi connectivity index (χ0) is 18.7. The van der Waals surface area contributed by atoms with Gasteiger partial charge in [0.05, 0.1) is 10.6 Å². The summed E-state index contributed by atoms with van der Waals surface area (Å²) < 4.78 is 2.03. The maximum Gasteiger partial charge on any atom is 0.252 e. The molecule has 0 radical (unpaired) electrons. The fourth-order valence-corrected chi connectivity index (χ4v) is 3.85. The Morgan fingerprint density at radius 3 is 2.67 bits per heavy atom. The minimum atomic E-state index is -0.249. The molecule has 27 heavy (non-hydrogen) atoms. The average molecular weight is 535 g/mol.